The highest BCUT2D eigenvalue weighted by molar-refractivity contribution is 6.04. The lowest BCUT2D eigenvalue weighted by Crippen LogP contribution is -2.13. The van der Waals surface area contributed by atoms with Crippen molar-refractivity contribution >= 4 is 17.4 Å². The Labute approximate surface area is 104 Å². The molecule has 0 saturated carbocycles. The van der Waals surface area contributed by atoms with Gasteiger partial charge in [-0.3, -0.25) is 4.79 Å². The maximum absolute atomic E-state index is 13.1. The van der Waals surface area contributed by atoms with Crippen LogP contribution in [-0.2, 0) is 0 Å². The predicted molar refractivity (Wildman–Crippen MR) is 67.7 cm³/mol. The summed E-state index contributed by atoms with van der Waals surface area (Å²) >= 11 is 0. The van der Waals surface area contributed by atoms with Gasteiger partial charge in [0, 0.05) is 11.9 Å². The first-order valence-electron chi connectivity index (χ1n) is 5.35. The Hall–Kier alpha value is -2.43. The summed E-state index contributed by atoms with van der Waals surface area (Å²) in [5.74, 6) is -0.406. The Kier molecular flexibility index (Phi) is 3.23. The summed E-state index contributed by atoms with van der Waals surface area (Å²) in [7, 11) is 0. The van der Waals surface area contributed by atoms with E-state index in [0.717, 1.165) is 5.56 Å². The van der Waals surface area contributed by atoms with Crippen LogP contribution in [0.3, 0.4) is 0 Å². The van der Waals surface area contributed by atoms with E-state index in [1.807, 2.05) is 0 Å². The number of anilines is 2. The van der Waals surface area contributed by atoms with Crippen molar-refractivity contribution in [3.05, 3.63) is 53.5 Å². The average molecular weight is 245 g/mol. The molecule has 4 nitrogen and oxygen atoms in total. The lowest BCUT2D eigenvalue weighted by Gasteiger charge is -2.08. The predicted octanol–water partition coefficient (Wildman–Crippen LogP) is 2.36. The molecule has 0 aliphatic carbocycles. The summed E-state index contributed by atoms with van der Waals surface area (Å²) in [6.45, 7) is 1.79. The molecule has 3 N–H and O–H groups in total. The van der Waals surface area contributed by atoms with Crippen LogP contribution < -0.4 is 11.1 Å². The van der Waals surface area contributed by atoms with Gasteiger partial charge >= 0.3 is 0 Å². The molecule has 1 aromatic heterocycles. The Morgan fingerprint density at radius 1 is 1.33 bits per heavy atom. The number of nitrogens with one attached hydrogen (secondary N) is 1. The lowest BCUT2D eigenvalue weighted by atomic mass is 10.2. The van der Waals surface area contributed by atoms with Crippen molar-refractivity contribution in [1.82, 2.24) is 4.98 Å². The third-order valence-electron chi connectivity index (χ3n) is 2.50. The van der Waals surface area contributed by atoms with Gasteiger partial charge in [0.15, 0.2) is 0 Å². The number of aryl methyl sites for hydroxylation is 1. The molecule has 1 aromatic carbocycles. The number of hydrogen-bond donors (Lipinski definition) is 2. The summed E-state index contributed by atoms with van der Waals surface area (Å²) < 4.78 is 13.1. The van der Waals surface area contributed by atoms with E-state index in [4.69, 9.17) is 5.73 Å². The van der Waals surface area contributed by atoms with Crippen LogP contribution in [0.4, 0.5) is 15.9 Å². The maximum atomic E-state index is 13.1. The van der Waals surface area contributed by atoms with Crippen LogP contribution in [0, 0.1) is 12.7 Å². The van der Waals surface area contributed by atoms with Crippen LogP contribution in [0.15, 0.2) is 36.5 Å². The molecule has 1 heterocycles. The van der Waals surface area contributed by atoms with Gasteiger partial charge in [0.25, 0.3) is 5.91 Å². The molecule has 0 bridgehead atoms. The van der Waals surface area contributed by atoms with E-state index in [-0.39, 0.29) is 5.91 Å². The molecule has 2 rings (SSSR count). The summed E-state index contributed by atoms with van der Waals surface area (Å²) in [5.41, 5.74) is 7.03. The quantitative estimate of drug-likeness (QED) is 0.853. The van der Waals surface area contributed by atoms with E-state index in [1.54, 1.807) is 19.1 Å². The number of carbonyl (C=O) groups excluding carboxylic acids is 1. The van der Waals surface area contributed by atoms with Crippen molar-refractivity contribution < 1.29 is 9.18 Å². The number of carbonyl (C=O) groups is 1. The van der Waals surface area contributed by atoms with E-state index in [2.05, 4.69) is 10.3 Å². The Bertz CT molecular complexity index is 581. The largest absolute Gasteiger partial charge is 0.384 e. The Morgan fingerprint density at radius 2 is 2.11 bits per heavy atom. The van der Waals surface area contributed by atoms with E-state index in [1.165, 1.54) is 24.4 Å². The van der Waals surface area contributed by atoms with Gasteiger partial charge in [0.05, 0.1) is 5.56 Å². The number of nitrogens with two attached hydrogens (primary N) is 1. The van der Waals surface area contributed by atoms with Gasteiger partial charge in [-0.1, -0.05) is 6.07 Å². The minimum Gasteiger partial charge on any atom is -0.384 e. The summed E-state index contributed by atoms with van der Waals surface area (Å²) in [4.78, 5) is 15.7. The zero-order valence-corrected chi connectivity index (χ0v) is 9.77. The van der Waals surface area contributed by atoms with E-state index >= 15 is 0 Å². The minimum atomic E-state index is -0.397. The van der Waals surface area contributed by atoms with Crippen molar-refractivity contribution in [2.24, 2.45) is 0 Å². The molecule has 0 spiro atoms. The third-order valence-corrected chi connectivity index (χ3v) is 2.50. The van der Waals surface area contributed by atoms with Gasteiger partial charge in [0.2, 0.25) is 0 Å². The first kappa shape index (κ1) is 12.0. The Morgan fingerprint density at radius 3 is 2.78 bits per heavy atom. The summed E-state index contributed by atoms with van der Waals surface area (Å²) in [6, 6.07) is 7.32. The van der Waals surface area contributed by atoms with Crippen LogP contribution in [-0.4, -0.2) is 10.9 Å². The van der Waals surface area contributed by atoms with E-state index in [9.17, 15) is 9.18 Å². The van der Waals surface area contributed by atoms with Crippen LogP contribution in [0.1, 0.15) is 15.9 Å². The number of hydrogen-bond acceptors (Lipinski definition) is 3. The molecular weight excluding hydrogens is 233 g/mol. The SMILES string of the molecule is Cc1ccc(F)cc1NC(=O)c1ccc(N)nc1. The first-order valence-corrected chi connectivity index (χ1v) is 5.35. The van der Waals surface area contributed by atoms with Gasteiger partial charge < -0.3 is 11.1 Å². The zero-order valence-electron chi connectivity index (χ0n) is 9.77. The molecule has 0 radical (unpaired) electrons. The van der Waals surface area contributed by atoms with Crippen molar-refractivity contribution in [3.63, 3.8) is 0 Å². The van der Waals surface area contributed by atoms with Crippen LogP contribution >= 0.6 is 0 Å². The fourth-order valence-corrected chi connectivity index (χ4v) is 1.46. The van der Waals surface area contributed by atoms with Crippen molar-refractivity contribution in [3.8, 4) is 0 Å². The number of benzene rings is 1. The smallest absolute Gasteiger partial charge is 0.257 e. The van der Waals surface area contributed by atoms with Crippen LogP contribution in [0.5, 0.6) is 0 Å². The highest BCUT2D eigenvalue weighted by Crippen LogP contribution is 2.17. The number of nitrogen functional groups attached to an aromatic ring is 1. The van der Waals surface area contributed by atoms with Crippen LogP contribution in [0.2, 0.25) is 0 Å². The number of pyridine rings is 1. The molecule has 0 atom stereocenters. The number of amides is 1. The third kappa shape index (κ3) is 2.63. The van der Waals surface area contributed by atoms with E-state index < -0.39 is 5.82 Å². The molecule has 0 saturated heterocycles. The molecule has 92 valence electrons. The minimum absolute atomic E-state index is 0.341. The summed E-state index contributed by atoms with van der Waals surface area (Å²) in [6.07, 6.45) is 1.37. The number of nitrogens with zero attached hydrogens (tertiary/aromatic N) is 1. The number of aromatic nitrogens is 1. The standard InChI is InChI=1S/C13H12FN3O/c1-8-2-4-10(14)6-11(8)17-13(18)9-3-5-12(15)16-7-9/h2-7H,1H3,(H2,15,16)(H,17,18). The molecule has 5 heteroatoms. The fraction of sp³-hybridized carbons (Fsp3) is 0.0769. The molecule has 18 heavy (non-hydrogen) atoms. The molecular formula is C13H12FN3O. The van der Waals surface area contributed by atoms with Gasteiger partial charge in [-0.05, 0) is 36.8 Å². The van der Waals surface area contributed by atoms with Crippen molar-refractivity contribution in [1.29, 1.82) is 0 Å². The van der Waals surface area contributed by atoms with Crippen LogP contribution in [0.25, 0.3) is 0 Å². The normalized spacial score (nSPS) is 10.1. The van der Waals surface area contributed by atoms with Gasteiger partial charge in [0.1, 0.15) is 11.6 Å². The molecule has 1 amide bonds. The van der Waals surface area contributed by atoms with Crippen molar-refractivity contribution in [2.75, 3.05) is 11.1 Å². The molecule has 0 aliphatic rings. The zero-order chi connectivity index (χ0) is 13.1. The second kappa shape index (κ2) is 4.83. The molecule has 2 aromatic rings. The van der Waals surface area contributed by atoms with Gasteiger partial charge in [-0.25, -0.2) is 9.37 Å². The highest BCUT2D eigenvalue weighted by atomic mass is 19.1. The maximum Gasteiger partial charge on any atom is 0.257 e. The molecule has 0 aliphatic heterocycles. The second-order valence-corrected chi connectivity index (χ2v) is 3.89. The second-order valence-electron chi connectivity index (χ2n) is 3.89. The monoisotopic (exact) mass is 245 g/mol. The highest BCUT2D eigenvalue weighted by Gasteiger charge is 2.08. The topological polar surface area (TPSA) is 68.0 Å². The number of rotatable bonds is 2. The summed E-state index contributed by atoms with van der Waals surface area (Å²) in [5, 5.41) is 2.63. The van der Waals surface area contributed by atoms with Gasteiger partial charge in [-0.15, -0.1) is 0 Å². The molecule has 0 unspecified atom stereocenters. The Balaban J connectivity index is 2.21. The first-order chi connectivity index (χ1) is 8.56. The fourth-order valence-electron chi connectivity index (χ4n) is 1.46. The van der Waals surface area contributed by atoms with Crippen molar-refractivity contribution in [2.45, 2.75) is 6.92 Å². The number of halogens is 1. The average Bonchev–Trinajstić information content (AvgIpc) is 2.34. The lowest BCUT2D eigenvalue weighted by molar-refractivity contribution is 0.102. The van der Waals surface area contributed by atoms with E-state index in [0.29, 0.717) is 17.1 Å². The van der Waals surface area contributed by atoms with Gasteiger partial charge in [-0.2, -0.15) is 0 Å². The molecule has 0 fully saturated rings.